The Bertz CT molecular complexity index is 378. The highest BCUT2D eigenvalue weighted by atomic mass is 28.3. The molecule has 0 unspecified atom stereocenters. The van der Waals surface area contributed by atoms with E-state index in [1.165, 1.54) is 31.4 Å². The van der Waals surface area contributed by atoms with Gasteiger partial charge in [-0.05, 0) is 24.7 Å². The Morgan fingerprint density at radius 3 is 2.40 bits per heavy atom. The molecule has 0 radical (unpaired) electrons. The quantitative estimate of drug-likeness (QED) is 0.422. The lowest BCUT2D eigenvalue weighted by atomic mass is 9.79. The lowest BCUT2D eigenvalue weighted by Crippen LogP contribution is -2.32. The Balaban J connectivity index is 1.96. The van der Waals surface area contributed by atoms with E-state index in [1.54, 1.807) is 7.11 Å². The van der Waals surface area contributed by atoms with Crippen molar-refractivity contribution in [2.75, 3.05) is 13.7 Å². The van der Waals surface area contributed by atoms with E-state index in [9.17, 15) is 0 Å². The predicted octanol–water partition coefficient (Wildman–Crippen LogP) is 5.87. The number of methoxy groups -OCH3 is 1. The zero-order chi connectivity index (χ0) is 17.8. The molecule has 0 bridgehead atoms. The molecule has 1 saturated carbocycles. The van der Waals surface area contributed by atoms with Crippen molar-refractivity contribution in [2.45, 2.75) is 88.8 Å². The first-order valence-electron chi connectivity index (χ1n) is 10.7. The van der Waals surface area contributed by atoms with Crippen LogP contribution in [0.25, 0.3) is 0 Å². The molecule has 0 aromatic heterocycles. The van der Waals surface area contributed by atoms with Crippen LogP contribution in [0.15, 0.2) is 0 Å². The van der Waals surface area contributed by atoms with Crippen molar-refractivity contribution in [3.8, 4) is 0 Å². The Kier molecular flexibility index (Phi) is 5.02. The Morgan fingerprint density at radius 2 is 1.75 bits per heavy atom. The van der Waals surface area contributed by atoms with Crippen molar-refractivity contribution in [1.82, 2.24) is 0 Å². The summed E-state index contributed by atoms with van der Waals surface area (Å²) in [4.78, 5) is 0. The molecule has 0 N–H and O–H groups in total. The van der Waals surface area contributed by atoms with Crippen LogP contribution in [0.5, 0.6) is 0 Å². The zero-order valence-electron chi connectivity index (χ0n) is 17.5. The van der Waals surface area contributed by atoms with Crippen LogP contribution in [0.3, 0.4) is 0 Å². The Labute approximate surface area is 133 Å². The van der Waals surface area contributed by atoms with Crippen LogP contribution >= 0.6 is 0 Å². The summed E-state index contributed by atoms with van der Waals surface area (Å²) in [6.45, 7) is 3.16. The smallest absolute Gasteiger partial charge is 0.0504 e. The van der Waals surface area contributed by atoms with Crippen LogP contribution in [-0.4, -0.2) is 21.8 Å². The molecule has 118 valence electrons. The van der Waals surface area contributed by atoms with Crippen molar-refractivity contribution in [3.63, 3.8) is 0 Å². The van der Waals surface area contributed by atoms with Gasteiger partial charge in [-0.2, -0.15) is 0 Å². The lowest BCUT2D eigenvalue weighted by Gasteiger charge is -2.35. The first-order chi connectivity index (χ1) is 11.2. The summed E-state index contributed by atoms with van der Waals surface area (Å²) in [5.41, 5.74) is 0. The highest BCUT2D eigenvalue weighted by Gasteiger charge is 2.30. The molecular weight excluding hydrogens is 260 g/mol. The average molecular weight is 301 g/mol. The average Bonchev–Trinajstić information content (AvgIpc) is 2.45. The van der Waals surface area contributed by atoms with Crippen molar-refractivity contribution in [2.24, 2.45) is 11.8 Å². The molecule has 1 heterocycles. The maximum absolute atomic E-state index is 8.54. The van der Waals surface area contributed by atoms with Gasteiger partial charge in [-0.1, -0.05) is 76.0 Å². The number of rotatable bonds is 7. The van der Waals surface area contributed by atoms with E-state index in [2.05, 4.69) is 6.55 Å². The molecule has 20 heavy (non-hydrogen) atoms. The van der Waals surface area contributed by atoms with E-state index in [0.717, 1.165) is 25.3 Å². The molecule has 0 atom stereocenters. The van der Waals surface area contributed by atoms with Crippen LogP contribution in [0.4, 0.5) is 0 Å². The van der Waals surface area contributed by atoms with Gasteiger partial charge in [-0.3, -0.25) is 0 Å². The monoisotopic (exact) mass is 300 g/mol. The normalized spacial score (nSPS) is 38.3. The van der Waals surface area contributed by atoms with Crippen molar-refractivity contribution >= 4 is 8.07 Å². The highest BCUT2D eigenvalue weighted by molar-refractivity contribution is 6.78. The summed E-state index contributed by atoms with van der Waals surface area (Å²) in [6, 6.07) is 3.85. The van der Waals surface area contributed by atoms with Gasteiger partial charge in [-0.15, -0.1) is 0 Å². The summed E-state index contributed by atoms with van der Waals surface area (Å²) < 4.78 is 39.3. The predicted molar refractivity (Wildman–Crippen MR) is 91.1 cm³/mol. The fraction of sp³-hybridized carbons (Fsp3) is 1.00. The van der Waals surface area contributed by atoms with E-state index in [-0.39, 0.29) is 5.92 Å². The first kappa shape index (κ1) is 11.7. The minimum atomic E-state index is -1.36. The Hall–Kier alpha value is 0.177. The highest BCUT2D eigenvalue weighted by Crippen LogP contribution is 2.38. The second-order valence-electron chi connectivity index (χ2n) is 7.28. The maximum atomic E-state index is 8.54. The SMILES string of the molecule is [2H]C1([2H])CC(CCCOC)CC([2H])([2H])C1CC[Si]1(C)CCCCC1. The summed E-state index contributed by atoms with van der Waals surface area (Å²) >= 11 is 0. The van der Waals surface area contributed by atoms with E-state index in [1.807, 2.05) is 0 Å². The summed E-state index contributed by atoms with van der Waals surface area (Å²) in [6.07, 6.45) is 4.92. The molecule has 0 spiro atoms. The van der Waals surface area contributed by atoms with Gasteiger partial charge < -0.3 is 4.74 Å². The molecular formula is C18H36OSi. The molecule has 0 aromatic rings. The van der Waals surface area contributed by atoms with Crippen LogP contribution in [0, 0.1) is 11.8 Å². The molecule has 2 rings (SSSR count). The zero-order valence-corrected chi connectivity index (χ0v) is 14.5. The molecule has 2 aliphatic rings. The van der Waals surface area contributed by atoms with E-state index >= 15 is 0 Å². The van der Waals surface area contributed by atoms with Crippen LogP contribution in [-0.2, 0) is 4.74 Å². The van der Waals surface area contributed by atoms with Gasteiger partial charge in [0.05, 0.1) is 8.07 Å². The fourth-order valence-electron chi connectivity index (χ4n) is 3.83. The number of ether oxygens (including phenoxy) is 1. The largest absolute Gasteiger partial charge is 0.385 e. The minimum absolute atomic E-state index is 0.156. The molecule has 0 amide bonds. The van der Waals surface area contributed by atoms with Crippen molar-refractivity contribution in [3.05, 3.63) is 0 Å². The molecule has 1 aliphatic carbocycles. The summed E-state index contributed by atoms with van der Waals surface area (Å²) in [5.74, 6) is -0.265. The van der Waals surface area contributed by atoms with E-state index in [0.29, 0.717) is 19.4 Å². The molecule has 1 aliphatic heterocycles. The second-order valence-corrected chi connectivity index (χ2v) is 12.4. The third-order valence-electron chi connectivity index (χ3n) is 5.36. The van der Waals surface area contributed by atoms with Gasteiger partial charge >= 0.3 is 0 Å². The van der Waals surface area contributed by atoms with Gasteiger partial charge in [0.2, 0.25) is 0 Å². The third-order valence-corrected chi connectivity index (χ3v) is 9.98. The molecule has 1 saturated heterocycles. The molecule has 2 fully saturated rings. The van der Waals surface area contributed by atoms with Gasteiger partial charge in [0.1, 0.15) is 0 Å². The molecule has 0 aromatic carbocycles. The van der Waals surface area contributed by atoms with E-state index in [4.69, 9.17) is 10.2 Å². The summed E-state index contributed by atoms with van der Waals surface area (Å²) in [5, 5.41) is 0. The van der Waals surface area contributed by atoms with Gasteiger partial charge in [-0.25, -0.2) is 0 Å². The minimum Gasteiger partial charge on any atom is -0.385 e. The van der Waals surface area contributed by atoms with Crippen molar-refractivity contribution in [1.29, 1.82) is 0 Å². The molecule has 2 heteroatoms. The van der Waals surface area contributed by atoms with Crippen LogP contribution in [0.1, 0.15) is 69.6 Å². The number of hydrogen-bond acceptors (Lipinski definition) is 1. The topological polar surface area (TPSA) is 9.23 Å². The number of hydrogen-bond donors (Lipinski definition) is 0. The van der Waals surface area contributed by atoms with Gasteiger partial charge in [0.25, 0.3) is 0 Å². The first-order valence-corrected chi connectivity index (χ1v) is 11.8. The standard InChI is InChI=1S/C18H36OSi/c1-19-13-6-7-17-8-10-18(11-9-17)12-16-20(2)14-4-3-5-15-20/h17-18H,3-16H2,1-2H3/i10D2,11D2. The van der Waals surface area contributed by atoms with Crippen LogP contribution < -0.4 is 0 Å². The fourth-order valence-corrected chi connectivity index (χ4v) is 7.78. The van der Waals surface area contributed by atoms with E-state index < -0.39 is 26.7 Å². The lowest BCUT2D eigenvalue weighted by molar-refractivity contribution is 0.176. The van der Waals surface area contributed by atoms with Crippen LogP contribution in [0.2, 0.25) is 24.7 Å². The molecule has 1 nitrogen and oxygen atoms in total. The van der Waals surface area contributed by atoms with Crippen molar-refractivity contribution < 1.29 is 10.2 Å². The van der Waals surface area contributed by atoms with Gasteiger partial charge in [0.15, 0.2) is 0 Å². The maximum Gasteiger partial charge on any atom is 0.0504 e. The summed E-state index contributed by atoms with van der Waals surface area (Å²) in [7, 11) is 0.447. The van der Waals surface area contributed by atoms with Gasteiger partial charge in [0, 0.05) is 19.2 Å². The second kappa shape index (κ2) is 8.58. The Morgan fingerprint density at radius 1 is 1.05 bits per heavy atom. The third kappa shape index (κ3) is 5.52.